The summed E-state index contributed by atoms with van der Waals surface area (Å²) >= 11 is 0. The van der Waals surface area contributed by atoms with Crippen LogP contribution in [-0.2, 0) is 0 Å². The van der Waals surface area contributed by atoms with Gasteiger partial charge in [-0.1, -0.05) is 44.7 Å². The Bertz CT molecular complexity index is 487. The van der Waals surface area contributed by atoms with Crippen LogP contribution >= 0.6 is 0 Å². The van der Waals surface area contributed by atoms with Gasteiger partial charge in [-0.25, -0.2) is 4.39 Å². The van der Waals surface area contributed by atoms with Gasteiger partial charge in [-0.05, 0) is 30.7 Å². The predicted octanol–water partition coefficient (Wildman–Crippen LogP) is 5.03. The molecule has 94 valence electrons. The van der Waals surface area contributed by atoms with Crippen LogP contribution in [-0.4, -0.2) is 0 Å². The molecule has 1 nitrogen and oxygen atoms in total. The monoisotopic (exact) mass is 243 g/mol. The highest BCUT2D eigenvalue weighted by molar-refractivity contribution is 5.75. The molecule has 0 aliphatic rings. The second-order valence-corrected chi connectivity index (χ2v) is 3.51. The van der Waals surface area contributed by atoms with Gasteiger partial charge in [0.2, 0.25) is 0 Å². The molecule has 0 aromatic heterocycles. The molecule has 0 aliphatic heterocycles. The first-order valence-corrected chi connectivity index (χ1v) is 5.77. The molecule has 0 amide bonds. The fourth-order valence-electron chi connectivity index (χ4n) is 1.19. The molecule has 1 rings (SSSR count). The topological polar surface area (TPSA) is 23.8 Å². The van der Waals surface area contributed by atoms with Crippen molar-refractivity contribution in [1.82, 2.24) is 0 Å². The van der Waals surface area contributed by atoms with Crippen molar-refractivity contribution in [3.05, 3.63) is 66.0 Å². The third kappa shape index (κ3) is 4.80. The standard InChI is InChI=1S/C14H12FN.C2H6/c1-10(2)8-14(15)11(3)13-6-4-12(9-16)5-7-13;1-2/h4-8H,1,3H2,2H3;1-2H3/b14-8+;. The van der Waals surface area contributed by atoms with Gasteiger partial charge < -0.3 is 0 Å². The van der Waals surface area contributed by atoms with Crippen molar-refractivity contribution in [1.29, 1.82) is 5.26 Å². The summed E-state index contributed by atoms with van der Waals surface area (Å²) in [5.74, 6) is -0.405. The SMILES string of the molecule is C=C(C)/C=C(/F)C(=C)c1ccc(C#N)cc1.CC. The van der Waals surface area contributed by atoms with Crippen LogP contribution < -0.4 is 0 Å². The van der Waals surface area contributed by atoms with E-state index in [2.05, 4.69) is 13.2 Å². The molecular formula is C16H18FN. The number of rotatable bonds is 3. The smallest absolute Gasteiger partial charge is 0.130 e. The van der Waals surface area contributed by atoms with Crippen LogP contribution in [0.4, 0.5) is 4.39 Å². The average molecular weight is 243 g/mol. The van der Waals surface area contributed by atoms with Gasteiger partial charge in [-0.2, -0.15) is 5.26 Å². The van der Waals surface area contributed by atoms with E-state index in [9.17, 15) is 4.39 Å². The fraction of sp³-hybridized carbons (Fsp3) is 0.188. The zero-order valence-corrected chi connectivity index (χ0v) is 11.1. The summed E-state index contributed by atoms with van der Waals surface area (Å²) in [6, 6.07) is 8.62. The van der Waals surface area contributed by atoms with E-state index in [4.69, 9.17) is 5.26 Å². The lowest BCUT2D eigenvalue weighted by molar-refractivity contribution is 0.673. The van der Waals surface area contributed by atoms with Gasteiger partial charge >= 0.3 is 0 Å². The lowest BCUT2D eigenvalue weighted by atomic mass is 10.0. The fourth-order valence-corrected chi connectivity index (χ4v) is 1.19. The highest BCUT2D eigenvalue weighted by Crippen LogP contribution is 2.23. The highest BCUT2D eigenvalue weighted by atomic mass is 19.1. The van der Waals surface area contributed by atoms with Gasteiger partial charge in [0.05, 0.1) is 11.6 Å². The van der Waals surface area contributed by atoms with Gasteiger partial charge in [0.15, 0.2) is 0 Å². The molecule has 0 heterocycles. The van der Waals surface area contributed by atoms with Crippen LogP contribution in [0.25, 0.3) is 5.57 Å². The minimum atomic E-state index is -0.405. The maximum absolute atomic E-state index is 13.6. The zero-order chi connectivity index (χ0) is 14.1. The lowest BCUT2D eigenvalue weighted by Gasteiger charge is -2.03. The molecule has 1 aromatic carbocycles. The highest BCUT2D eigenvalue weighted by Gasteiger charge is 2.04. The van der Waals surface area contributed by atoms with Crippen molar-refractivity contribution >= 4 is 5.57 Å². The summed E-state index contributed by atoms with van der Waals surface area (Å²) < 4.78 is 13.6. The Morgan fingerprint density at radius 1 is 1.22 bits per heavy atom. The van der Waals surface area contributed by atoms with Gasteiger partial charge in [0.1, 0.15) is 5.83 Å². The normalized spacial score (nSPS) is 9.83. The number of hydrogen-bond donors (Lipinski definition) is 0. The molecule has 0 spiro atoms. The average Bonchev–Trinajstić information content (AvgIpc) is 2.39. The van der Waals surface area contributed by atoms with Crippen LogP contribution in [0.3, 0.4) is 0 Å². The first-order valence-electron chi connectivity index (χ1n) is 5.77. The Balaban J connectivity index is 0.00000137. The minimum Gasteiger partial charge on any atom is -0.206 e. The van der Waals surface area contributed by atoms with E-state index in [0.29, 0.717) is 22.3 Å². The first-order chi connectivity index (χ1) is 8.54. The molecule has 0 N–H and O–H groups in total. The molecule has 0 saturated carbocycles. The van der Waals surface area contributed by atoms with Gasteiger partial charge in [0.25, 0.3) is 0 Å². The Morgan fingerprint density at radius 3 is 2.11 bits per heavy atom. The first kappa shape index (κ1) is 15.9. The summed E-state index contributed by atoms with van der Waals surface area (Å²) in [6.45, 7) is 13.0. The van der Waals surface area contributed by atoms with E-state index in [-0.39, 0.29) is 0 Å². The van der Waals surface area contributed by atoms with Crippen LogP contribution in [0, 0.1) is 11.3 Å². The van der Waals surface area contributed by atoms with Crippen LogP contribution in [0.1, 0.15) is 31.9 Å². The number of hydrogen-bond acceptors (Lipinski definition) is 1. The Morgan fingerprint density at radius 2 is 1.72 bits per heavy atom. The molecule has 0 unspecified atom stereocenters. The number of halogens is 1. The van der Waals surface area contributed by atoms with Crippen LogP contribution in [0.5, 0.6) is 0 Å². The maximum Gasteiger partial charge on any atom is 0.130 e. The lowest BCUT2D eigenvalue weighted by Crippen LogP contribution is -1.85. The van der Waals surface area contributed by atoms with Crippen LogP contribution in [0.2, 0.25) is 0 Å². The maximum atomic E-state index is 13.6. The van der Waals surface area contributed by atoms with Gasteiger partial charge in [0, 0.05) is 5.57 Å². The molecule has 1 aromatic rings. The van der Waals surface area contributed by atoms with E-state index >= 15 is 0 Å². The van der Waals surface area contributed by atoms with E-state index in [1.54, 1.807) is 31.2 Å². The number of nitriles is 1. The Hall–Kier alpha value is -2.14. The number of nitrogens with zero attached hydrogens (tertiary/aromatic N) is 1. The van der Waals surface area contributed by atoms with E-state index < -0.39 is 5.83 Å². The van der Waals surface area contributed by atoms with Crippen molar-refractivity contribution in [3.63, 3.8) is 0 Å². The quantitative estimate of drug-likeness (QED) is 0.683. The molecule has 0 radical (unpaired) electrons. The predicted molar refractivity (Wildman–Crippen MR) is 75.5 cm³/mol. The summed E-state index contributed by atoms with van der Waals surface area (Å²) in [4.78, 5) is 0. The molecule has 0 atom stereocenters. The Labute approximate surface area is 109 Å². The van der Waals surface area contributed by atoms with E-state index in [1.165, 1.54) is 6.08 Å². The second kappa shape index (κ2) is 8.03. The van der Waals surface area contributed by atoms with Crippen LogP contribution in [0.15, 0.2) is 54.9 Å². The van der Waals surface area contributed by atoms with Gasteiger partial charge in [-0.15, -0.1) is 0 Å². The summed E-state index contributed by atoms with van der Waals surface area (Å²) in [6.07, 6.45) is 1.33. The number of benzene rings is 1. The van der Waals surface area contributed by atoms with Crippen molar-refractivity contribution in [2.24, 2.45) is 0 Å². The molecule has 0 aliphatic carbocycles. The van der Waals surface area contributed by atoms with Crippen molar-refractivity contribution in [2.45, 2.75) is 20.8 Å². The van der Waals surface area contributed by atoms with E-state index in [1.807, 2.05) is 19.9 Å². The summed E-state index contributed by atoms with van der Waals surface area (Å²) in [5.41, 5.74) is 2.13. The van der Waals surface area contributed by atoms with Crippen molar-refractivity contribution < 1.29 is 4.39 Å². The van der Waals surface area contributed by atoms with Crippen molar-refractivity contribution in [3.8, 4) is 6.07 Å². The third-order valence-corrected chi connectivity index (χ3v) is 2.02. The van der Waals surface area contributed by atoms with Crippen molar-refractivity contribution in [2.75, 3.05) is 0 Å². The van der Waals surface area contributed by atoms with Gasteiger partial charge in [-0.3, -0.25) is 0 Å². The summed E-state index contributed by atoms with van der Waals surface area (Å²) in [7, 11) is 0. The third-order valence-electron chi connectivity index (χ3n) is 2.02. The van der Waals surface area contributed by atoms with E-state index in [0.717, 1.165) is 0 Å². The minimum absolute atomic E-state index is 0.299. The molecule has 18 heavy (non-hydrogen) atoms. The molecule has 2 heteroatoms. The zero-order valence-electron chi connectivity index (χ0n) is 11.1. The summed E-state index contributed by atoms with van der Waals surface area (Å²) in [5, 5.41) is 8.63. The molecular weight excluding hydrogens is 225 g/mol. The molecule has 0 bridgehead atoms. The Kier molecular flexibility index (Phi) is 7.07. The molecule has 0 fully saturated rings. The molecule has 0 saturated heterocycles. The second-order valence-electron chi connectivity index (χ2n) is 3.51. The number of allylic oxidation sites excluding steroid dienone is 4. The largest absolute Gasteiger partial charge is 0.206 e.